The number of nitrogens with zero attached hydrogens (tertiary/aromatic N) is 2. The Balaban J connectivity index is 2.42. The maximum Gasteiger partial charge on any atom is 0.323 e. The standard InChI is InChI=1S/C14H19N3O2/c1-9(2)17-12-7-5-4-6-11(12)16-13(17)8-10(15)14(18)19-3/h4-7,9-10H,8,15H2,1-3H3. The number of carbonyl (C=O) groups excluding carboxylic acids is 1. The highest BCUT2D eigenvalue weighted by molar-refractivity contribution is 5.78. The van der Waals surface area contributed by atoms with E-state index in [1.54, 1.807) is 0 Å². The van der Waals surface area contributed by atoms with Crippen molar-refractivity contribution in [3.8, 4) is 0 Å². The molecule has 2 N–H and O–H groups in total. The van der Waals surface area contributed by atoms with Gasteiger partial charge in [-0.05, 0) is 26.0 Å². The lowest BCUT2D eigenvalue weighted by molar-refractivity contribution is -0.142. The monoisotopic (exact) mass is 261 g/mol. The molecule has 2 rings (SSSR count). The highest BCUT2D eigenvalue weighted by Crippen LogP contribution is 2.21. The summed E-state index contributed by atoms with van der Waals surface area (Å²) in [7, 11) is 1.34. The van der Waals surface area contributed by atoms with E-state index in [-0.39, 0.29) is 6.04 Å². The molecule has 0 aliphatic heterocycles. The van der Waals surface area contributed by atoms with Crippen molar-refractivity contribution >= 4 is 17.0 Å². The van der Waals surface area contributed by atoms with Gasteiger partial charge in [-0.2, -0.15) is 0 Å². The average Bonchev–Trinajstić information content (AvgIpc) is 2.75. The van der Waals surface area contributed by atoms with Crippen LogP contribution in [0, 0.1) is 0 Å². The molecule has 0 aliphatic rings. The zero-order valence-electron chi connectivity index (χ0n) is 11.5. The topological polar surface area (TPSA) is 70.1 Å². The molecule has 102 valence electrons. The fraction of sp³-hybridized carbons (Fsp3) is 0.429. The van der Waals surface area contributed by atoms with E-state index >= 15 is 0 Å². The number of rotatable bonds is 4. The van der Waals surface area contributed by atoms with Crippen molar-refractivity contribution in [1.29, 1.82) is 0 Å². The number of imidazole rings is 1. The second-order valence-electron chi connectivity index (χ2n) is 4.81. The Morgan fingerprint density at radius 2 is 2.11 bits per heavy atom. The third kappa shape index (κ3) is 2.61. The zero-order valence-corrected chi connectivity index (χ0v) is 11.5. The van der Waals surface area contributed by atoms with Crippen molar-refractivity contribution in [3.63, 3.8) is 0 Å². The largest absolute Gasteiger partial charge is 0.468 e. The predicted molar refractivity (Wildman–Crippen MR) is 73.8 cm³/mol. The number of nitrogens with two attached hydrogens (primary N) is 1. The Bertz CT molecular complexity index is 589. The number of hydrogen-bond donors (Lipinski definition) is 1. The van der Waals surface area contributed by atoms with Gasteiger partial charge in [-0.3, -0.25) is 4.79 Å². The first kappa shape index (κ1) is 13.5. The second kappa shape index (κ2) is 5.40. The van der Waals surface area contributed by atoms with Crippen LogP contribution in [0.25, 0.3) is 11.0 Å². The van der Waals surface area contributed by atoms with Crippen LogP contribution in [0.5, 0.6) is 0 Å². The fourth-order valence-corrected chi connectivity index (χ4v) is 2.25. The number of ether oxygens (including phenoxy) is 1. The molecule has 0 fully saturated rings. The Morgan fingerprint density at radius 3 is 2.74 bits per heavy atom. The van der Waals surface area contributed by atoms with Gasteiger partial charge in [0.15, 0.2) is 0 Å². The van der Waals surface area contributed by atoms with Crippen LogP contribution in [0.15, 0.2) is 24.3 Å². The first-order valence-corrected chi connectivity index (χ1v) is 6.33. The van der Waals surface area contributed by atoms with Crippen LogP contribution in [0.4, 0.5) is 0 Å². The van der Waals surface area contributed by atoms with Gasteiger partial charge in [-0.15, -0.1) is 0 Å². The van der Waals surface area contributed by atoms with Gasteiger partial charge in [0.1, 0.15) is 11.9 Å². The summed E-state index contributed by atoms with van der Waals surface area (Å²) in [4.78, 5) is 16.0. The van der Waals surface area contributed by atoms with E-state index in [9.17, 15) is 4.79 Å². The first-order valence-electron chi connectivity index (χ1n) is 6.33. The van der Waals surface area contributed by atoms with Crippen LogP contribution in [0.2, 0.25) is 0 Å². The van der Waals surface area contributed by atoms with E-state index in [4.69, 9.17) is 5.73 Å². The lowest BCUT2D eigenvalue weighted by atomic mass is 10.2. The fourth-order valence-electron chi connectivity index (χ4n) is 2.25. The van der Waals surface area contributed by atoms with Crippen LogP contribution < -0.4 is 5.73 Å². The highest BCUT2D eigenvalue weighted by atomic mass is 16.5. The van der Waals surface area contributed by atoms with Gasteiger partial charge in [0, 0.05) is 12.5 Å². The molecule has 0 amide bonds. The summed E-state index contributed by atoms with van der Waals surface area (Å²) in [5, 5.41) is 0. The normalized spacial score (nSPS) is 12.9. The lowest BCUT2D eigenvalue weighted by Crippen LogP contribution is -2.34. The summed E-state index contributed by atoms with van der Waals surface area (Å²) in [6.45, 7) is 4.17. The van der Waals surface area contributed by atoms with E-state index in [2.05, 4.69) is 28.1 Å². The molecule has 0 saturated heterocycles. The molecule has 1 atom stereocenters. The van der Waals surface area contributed by atoms with E-state index in [0.717, 1.165) is 16.9 Å². The van der Waals surface area contributed by atoms with Crippen LogP contribution in [-0.2, 0) is 16.0 Å². The van der Waals surface area contributed by atoms with Crippen molar-refractivity contribution in [2.45, 2.75) is 32.4 Å². The molecule has 0 radical (unpaired) electrons. The van der Waals surface area contributed by atoms with Gasteiger partial charge in [0.2, 0.25) is 0 Å². The third-order valence-corrected chi connectivity index (χ3v) is 3.09. The molecule has 1 unspecified atom stereocenters. The smallest absolute Gasteiger partial charge is 0.323 e. The molecule has 5 nitrogen and oxygen atoms in total. The van der Waals surface area contributed by atoms with E-state index in [0.29, 0.717) is 6.42 Å². The number of para-hydroxylation sites is 2. The zero-order chi connectivity index (χ0) is 14.0. The first-order chi connectivity index (χ1) is 9.04. The van der Waals surface area contributed by atoms with E-state index < -0.39 is 12.0 Å². The summed E-state index contributed by atoms with van der Waals surface area (Å²) in [6.07, 6.45) is 0.375. The van der Waals surface area contributed by atoms with Crippen molar-refractivity contribution in [2.24, 2.45) is 5.73 Å². The summed E-state index contributed by atoms with van der Waals surface area (Å²) in [5.74, 6) is 0.400. The molecule has 1 aromatic heterocycles. The van der Waals surface area contributed by atoms with Gasteiger partial charge in [-0.25, -0.2) is 4.98 Å². The lowest BCUT2D eigenvalue weighted by Gasteiger charge is -2.15. The number of esters is 1. The quantitative estimate of drug-likeness (QED) is 0.850. The summed E-state index contributed by atoms with van der Waals surface area (Å²) >= 11 is 0. The number of benzene rings is 1. The van der Waals surface area contributed by atoms with Gasteiger partial charge < -0.3 is 15.0 Å². The minimum Gasteiger partial charge on any atom is -0.468 e. The minimum atomic E-state index is -0.681. The second-order valence-corrected chi connectivity index (χ2v) is 4.81. The molecule has 5 heteroatoms. The van der Waals surface area contributed by atoms with E-state index in [1.807, 2.05) is 24.3 Å². The molecule has 0 bridgehead atoms. The van der Waals surface area contributed by atoms with Crippen molar-refractivity contribution in [1.82, 2.24) is 9.55 Å². The number of methoxy groups -OCH3 is 1. The maximum absolute atomic E-state index is 11.4. The Kier molecular flexibility index (Phi) is 3.85. The SMILES string of the molecule is COC(=O)C(N)Cc1nc2ccccc2n1C(C)C. The van der Waals surface area contributed by atoms with E-state index in [1.165, 1.54) is 7.11 Å². The molecule has 1 aromatic carbocycles. The number of aromatic nitrogens is 2. The van der Waals surface area contributed by atoms with Gasteiger partial charge >= 0.3 is 5.97 Å². The van der Waals surface area contributed by atoms with Crippen molar-refractivity contribution in [3.05, 3.63) is 30.1 Å². The average molecular weight is 261 g/mol. The molecule has 0 aliphatic carbocycles. The molecular weight excluding hydrogens is 242 g/mol. The third-order valence-electron chi connectivity index (χ3n) is 3.09. The van der Waals surface area contributed by atoms with Crippen LogP contribution >= 0.6 is 0 Å². The summed E-state index contributed by atoms with van der Waals surface area (Å²) in [6, 6.07) is 7.49. The number of fused-ring (bicyclic) bond motifs is 1. The summed E-state index contributed by atoms with van der Waals surface area (Å²) in [5.41, 5.74) is 7.80. The number of hydrogen-bond acceptors (Lipinski definition) is 4. The predicted octanol–water partition coefficient (Wildman–Crippen LogP) is 1.66. The maximum atomic E-state index is 11.4. The molecule has 1 heterocycles. The Labute approximate surface area is 112 Å². The number of carbonyl (C=O) groups is 1. The van der Waals surface area contributed by atoms with Crippen molar-refractivity contribution < 1.29 is 9.53 Å². The molecular formula is C14H19N3O2. The van der Waals surface area contributed by atoms with Gasteiger partial charge in [0.25, 0.3) is 0 Å². The highest BCUT2D eigenvalue weighted by Gasteiger charge is 2.20. The molecule has 0 spiro atoms. The summed E-state index contributed by atoms with van der Waals surface area (Å²) < 4.78 is 6.77. The van der Waals surface area contributed by atoms with Crippen molar-refractivity contribution in [2.75, 3.05) is 7.11 Å². The van der Waals surface area contributed by atoms with Gasteiger partial charge in [0.05, 0.1) is 18.1 Å². The molecule has 19 heavy (non-hydrogen) atoms. The van der Waals surface area contributed by atoms with Crippen LogP contribution in [-0.4, -0.2) is 28.7 Å². The Morgan fingerprint density at radius 1 is 1.42 bits per heavy atom. The van der Waals surface area contributed by atoms with Crippen LogP contribution in [0.3, 0.4) is 0 Å². The Hall–Kier alpha value is -1.88. The van der Waals surface area contributed by atoms with Gasteiger partial charge in [-0.1, -0.05) is 12.1 Å². The molecule has 2 aromatic rings. The minimum absolute atomic E-state index is 0.257. The molecule has 0 saturated carbocycles. The van der Waals surface area contributed by atoms with Crippen LogP contribution in [0.1, 0.15) is 25.7 Å².